The molecule has 1 heterocycles. The van der Waals surface area contributed by atoms with Gasteiger partial charge in [0.2, 0.25) is 0 Å². The van der Waals surface area contributed by atoms with E-state index in [1.165, 1.54) is 128 Å². The van der Waals surface area contributed by atoms with E-state index >= 15 is 0 Å². The van der Waals surface area contributed by atoms with Gasteiger partial charge in [0.15, 0.2) is 11.6 Å². The summed E-state index contributed by atoms with van der Waals surface area (Å²) in [6, 6.07) is 0. The SMILES string of the molecule is CCCCCCCCCCCCCCCCCC(=O)C1(CO)OC(=O)C(CO)(C(=O)CCCCCCCCCCCCCCCCC)OC1=O. The van der Waals surface area contributed by atoms with Gasteiger partial charge in [0.25, 0.3) is 11.2 Å². The topological polar surface area (TPSA) is 127 Å². The molecule has 0 aliphatic carbocycles. The summed E-state index contributed by atoms with van der Waals surface area (Å²) >= 11 is 0. The molecule has 1 aliphatic heterocycles. The van der Waals surface area contributed by atoms with Crippen LogP contribution in [0.25, 0.3) is 0 Å². The van der Waals surface area contributed by atoms with E-state index in [1.807, 2.05) is 0 Å². The van der Waals surface area contributed by atoms with Crippen LogP contribution in [0.5, 0.6) is 0 Å². The van der Waals surface area contributed by atoms with Crippen molar-refractivity contribution < 1.29 is 38.9 Å². The van der Waals surface area contributed by atoms with Crippen molar-refractivity contribution in [1.82, 2.24) is 0 Å². The number of aliphatic hydroxyl groups is 2. The number of ketones is 2. The summed E-state index contributed by atoms with van der Waals surface area (Å²) in [6.07, 6.45) is 35.1. The normalized spacial score (nSPS) is 19.0. The predicted octanol–water partition coefficient (Wildman–Crippen LogP) is 10.2. The summed E-state index contributed by atoms with van der Waals surface area (Å²) in [5.41, 5.74) is -4.97. The molecule has 292 valence electrons. The van der Waals surface area contributed by atoms with Gasteiger partial charge in [-0.2, -0.15) is 0 Å². The van der Waals surface area contributed by atoms with Crippen LogP contribution in [0.2, 0.25) is 0 Å². The van der Waals surface area contributed by atoms with Crippen LogP contribution < -0.4 is 0 Å². The van der Waals surface area contributed by atoms with E-state index in [9.17, 15) is 29.4 Å². The van der Waals surface area contributed by atoms with Crippen LogP contribution in [-0.4, -0.2) is 58.1 Å². The standard InChI is InChI=1S/C42H76O8/c1-3-5-7-9-11-13-15-17-19-21-23-25-27-29-31-33-37(45)41(35-43)39(47)50-42(36-44,40(48)49-41)38(46)34-32-30-28-26-24-22-20-18-16-14-12-10-8-6-4-2/h43-44H,3-36H2,1-2H3. The Labute approximate surface area is 305 Å². The van der Waals surface area contributed by atoms with Gasteiger partial charge >= 0.3 is 11.9 Å². The number of hydrogen-bond donors (Lipinski definition) is 2. The first kappa shape index (κ1) is 46.2. The van der Waals surface area contributed by atoms with Crippen molar-refractivity contribution >= 4 is 23.5 Å². The smallest absolute Gasteiger partial charge is 0.362 e. The summed E-state index contributed by atoms with van der Waals surface area (Å²) in [7, 11) is 0. The molecule has 2 N–H and O–H groups in total. The number of esters is 2. The number of ether oxygens (including phenoxy) is 2. The Bertz CT molecular complexity index is 832. The van der Waals surface area contributed by atoms with E-state index in [2.05, 4.69) is 13.8 Å². The van der Waals surface area contributed by atoms with Crippen molar-refractivity contribution in [3.8, 4) is 0 Å². The molecule has 0 spiro atoms. The summed E-state index contributed by atoms with van der Waals surface area (Å²) in [5, 5.41) is 20.0. The molecule has 0 bridgehead atoms. The summed E-state index contributed by atoms with van der Waals surface area (Å²) in [5.74, 6) is -4.06. The molecule has 50 heavy (non-hydrogen) atoms. The third-order valence-electron chi connectivity index (χ3n) is 10.6. The molecule has 2 atom stereocenters. The zero-order valence-electron chi connectivity index (χ0n) is 32.4. The van der Waals surface area contributed by atoms with Crippen LogP contribution in [0.15, 0.2) is 0 Å². The molecule has 1 aliphatic rings. The Morgan fingerprint density at radius 1 is 0.400 bits per heavy atom. The first-order valence-corrected chi connectivity index (χ1v) is 21.1. The molecule has 0 radical (unpaired) electrons. The van der Waals surface area contributed by atoms with Crippen molar-refractivity contribution in [2.45, 2.75) is 231 Å². The molecule has 0 saturated carbocycles. The average molecular weight is 709 g/mol. The first-order chi connectivity index (χ1) is 24.3. The molecule has 0 aromatic heterocycles. The van der Waals surface area contributed by atoms with Gasteiger partial charge in [0.05, 0.1) is 0 Å². The Balaban J connectivity index is 2.26. The van der Waals surface area contributed by atoms with Gasteiger partial charge in [-0.3, -0.25) is 9.59 Å². The molecule has 8 heteroatoms. The summed E-state index contributed by atoms with van der Waals surface area (Å²) in [4.78, 5) is 52.2. The zero-order chi connectivity index (χ0) is 36.8. The molecular weight excluding hydrogens is 632 g/mol. The number of carbonyl (C=O) groups is 4. The van der Waals surface area contributed by atoms with Gasteiger partial charge in [-0.05, 0) is 12.8 Å². The molecule has 0 aromatic rings. The Morgan fingerprint density at radius 3 is 0.800 bits per heavy atom. The zero-order valence-corrected chi connectivity index (χ0v) is 32.4. The molecule has 2 unspecified atom stereocenters. The third-order valence-corrected chi connectivity index (χ3v) is 10.6. The number of aliphatic hydroxyl groups excluding tert-OH is 2. The highest BCUT2D eigenvalue weighted by molar-refractivity contribution is 6.17. The van der Waals surface area contributed by atoms with Gasteiger partial charge in [-0.25, -0.2) is 9.59 Å². The molecule has 8 nitrogen and oxygen atoms in total. The number of carbonyl (C=O) groups excluding carboxylic acids is 4. The van der Waals surface area contributed by atoms with Crippen molar-refractivity contribution in [3.63, 3.8) is 0 Å². The Morgan fingerprint density at radius 2 is 0.600 bits per heavy atom. The minimum Gasteiger partial charge on any atom is -0.433 e. The van der Waals surface area contributed by atoms with Crippen LogP contribution in [0.4, 0.5) is 0 Å². The van der Waals surface area contributed by atoms with Crippen LogP contribution >= 0.6 is 0 Å². The number of cyclic esters (lactones) is 2. The molecular formula is C42H76O8. The maximum absolute atomic E-state index is 13.1. The largest absolute Gasteiger partial charge is 0.433 e. The second-order valence-corrected chi connectivity index (χ2v) is 15.0. The Kier molecular flexibility index (Phi) is 27.5. The lowest BCUT2D eigenvalue weighted by Crippen LogP contribution is -2.68. The highest BCUT2D eigenvalue weighted by atomic mass is 16.7. The number of unbranched alkanes of at least 4 members (excludes halogenated alkanes) is 28. The van der Waals surface area contributed by atoms with Crippen LogP contribution in [0.3, 0.4) is 0 Å². The van der Waals surface area contributed by atoms with Crippen LogP contribution in [0, 0.1) is 0 Å². The van der Waals surface area contributed by atoms with Gasteiger partial charge in [-0.15, -0.1) is 0 Å². The van der Waals surface area contributed by atoms with Gasteiger partial charge in [-0.1, -0.05) is 194 Å². The van der Waals surface area contributed by atoms with E-state index in [0.29, 0.717) is 12.8 Å². The van der Waals surface area contributed by atoms with Crippen molar-refractivity contribution in [2.75, 3.05) is 13.2 Å². The molecule has 0 aromatic carbocycles. The molecule has 1 saturated heterocycles. The van der Waals surface area contributed by atoms with E-state index < -0.39 is 47.9 Å². The highest BCUT2D eigenvalue weighted by Gasteiger charge is 2.64. The van der Waals surface area contributed by atoms with E-state index in [-0.39, 0.29) is 12.8 Å². The van der Waals surface area contributed by atoms with Crippen molar-refractivity contribution in [1.29, 1.82) is 0 Å². The van der Waals surface area contributed by atoms with E-state index in [1.54, 1.807) is 0 Å². The van der Waals surface area contributed by atoms with E-state index in [0.717, 1.165) is 51.4 Å². The maximum atomic E-state index is 13.1. The van der Waals surface area contributed by atoms with Crippen molar-refractivity contribution in [3.05, 3.63) is 0 Å². The van der Waals surface area contributed by atoms with Gasteiger partial charge < -0.3 is 19.7 Å². The second-order valence-electron chi connectivity index (χ2n) is 15.0. The molecule has 1 fully saturated rings. The lowest BCUT2D eigenvalue weighted by atomic mass is 9.88. The van der Waals surface area contributed by atoms with Gasteiger partial charge in [0.1, 0.15) is 13.2 Å². The number of hydrogen-bond acceptors (Lipinski definition) is 8. The maximum Gasteiger partial charge on any atom is 0.362 e. The molecule has 1 rings (SSSR count). The Hall–Kier alpha value is -1.80. The number of Topliss-reactive ketones (excluding diaryl/α,β-unsaturated/α-hetero) is 2. The highest BCUT2D eigenvalue weighted by Crippen LogP contribution is 2.32. The quantitative estimate of drug-likeness (QED) is 0.0374. The van der Waals surface area contributed by atoms with Gasteiger partial charge in [0, 0.05) is 12.8 Å². The fraction of sp³-hybridized carbons (Fsp3) is 0.905. The minimum atomic E-state index is -2.49. The van der Waals surface area contributed by atoms with Crippen LogP contribution in [-0.2, 0) is 28.7 Å². The fourth-order valence-corrected chi connectivity index (χ4v) is 6.99. The predicted molar refractivity (Wildman–Crippen MR) is 201 cm³/mol. The summed E-state index contributed by atoms with van der Waals surface area (Å²) in [6.45, 7) is 2.36. The lowest BCUT2D eigenvalue weighted by molar-refractivity contribution is -0.231. The lowest BCUT2D eigenvalue weighted by Gasteiger charge is -2.40. The fourth-order valence-electron chi connectivity index (χ4n) is 6.99. The molecule has 0 amide bonds. The van der Waals surface area contributed by atoms with E-state index in [4.69, 9.17) is 9.47 Å². The number of rotatable bonds is 36. The second kappa shape index (κ2) is 29.7. The first-order valence-electron chi connectivity index (χ1n) is 21.1. The van der Waals surface area contributed by atoms with Crippen LogP contribution in [0.1, 0.15) is 219 Å². The monoisotopic (exact) mass is 709 g/mol. The van der Waals surface area contributed by atoms with Crippen molar-refractivity contribution in [2.24, 2.45) is 0 Å². The average Bonchev–Trinajstić information content (AvgIpc) is 3.12. The summed E-state index contributed by atoms with van der Waals surface area (Å²) < 4.78 is 10.5. The minimum absolute atomic E-state index is 0.0552. The third kappa shape index (κ3) is 18.1.